The Bertz CT molecular complexity index is 749. The molecule has 1 atom stereocenters. The summed E-state index contributed by atoms with van der Waals surface area (Å²) in [6.07, 6.45) is -8.91. The minimum absolute atomic E-state index is 0.0518. The Morgan fingerprint density at radius 3 is 2.38 bits per heavy atom. The van der Waals surface area contributed by atoms with Crippen LogP contribution in [0.1, 0.15) is 22.3 Å². The van der Waals surface area contributed by atoms with E-state index < -0.39 is 53.1 Å². The average Bonchev–Trinajstić information content (AvgIpc) is 2.52. The summed E-state index contributed by atoms with van der Waals surface area (Å²) < 4.78 is 76.3. The number of halogens is 3. The van der Waals surface area contributed by atoms with Gasteiger partial charge in [-0.2, -0.15) is 21.6 Å². The maximum absolute atomic E-state index is 12.6. The van der Waals surface area contributed by atoms with Crippen LogP contribution in [0.15, 0.2) is 24.3 Å². The van der Waals surface area contributed by atoms with Crippen molar-refractivity contribution >= 4 is 29.9 Å². The maximum atomic E-state index is 12.6. The van der Waals surface area contributed by atoms with E-state index in [1.54, 1.807) is 18.2 Å². The SMILES string of the molecule is [B]Cc1ccccc1C(=O)OCCC(=O)OC(CS(=O)(=O)O)C(F)(F)F. The lowest BCUT2D eigenvalue weighted by atomic mass is 9.93. The molecular formula is C14H14BF3O7S. The molecule has 12 heteroatoms. The third-order valence-electron chi connectivity index (χ3n) is 3.00. The molecule has 0 saturated carbocycles. The maximum Gasteiger partial charge on any atom is 0.426 e. The molecule has 7 nitrogen and oxygen atoms in total. The summed E-state index contributed by atoms with van der Waals surface area (Å²) in [6.45, 7) is -0.590. The third-order valence-corrected chi connectivity index (χ3v) is 3.72. The molecule has 1 rings (SSSR count). The number of ether oxygens (including phenoxy) is 2. The number of rotatable bonds is 8. The summed E-state index contributed by atoms with van der Waals surface area (Å²) in [6, 6.07) is 6.19. The van der Waals surface area contributed by atoms with Gasteiger partial charge < -0.3 is 9.47 Å². The molecule has 1 aromatic rings. The normalized spacial score (nSPS) is 13.1. The number of hydrogen-bond acceptors (Lipinski definition) is 6. The van der Waals surface area contributed by atoms with E-state index in [1.807, 2.05) is 0 Å². The van der Waals surface area contributed by atoms with Crippen molar-refractivity contribution in [3.8, 4) is 0 Å². The van der Waals surface area contributed by atoms with Crippen LogP contribution in [0.4, 0.5) is 13.2 Å². The summed E-state index contributed by atoms with van der Waals surface area (Å²) in [4.78, 5) is 23.3. The highest BCUT2D eigenvalue weighted by Crippen LogP contribution is 2.24. The van der Waals surface area contributed by atoms with E-state index in [4.69, 9.17) is 17.1 Å². The van der Waals surface area contributed by atoms with Gasteiger partial charge in [0.05, 0.1) is 19.8 Å². The van der Waals surface area contributed by atoms with Crippen LogP contribution in [-0.4, -0.2) is 57.4 Å². The van der Waals surface area contributed by atoms with E-state index in [-0.39, 0.29) is 11.9 Å². The van der Waals surface area contributed by atoms with E-state index in [0.29, 0.717) is 5.56 Å². The summed E-state index contributed by atoms with van der Waals surface area (Å²) >= 11 is 0. The standard InChI is InChI=1S/C14H14BF3O7S/c15-7-9-3-1-2-4-10(9)13(20)24-6-5-12(19)25-11(14(16,17)18)8-26(21,22)23/h1-4,11H,5-8H2,(H,21,22,23). The van der Waals surface area contributed by atoms with Crippen molar-refractivity contribution in [1.82, 2.24) is 0 Å². The van der Waals surface area contributed by atoms with Gasteiger partial charge >= 0.3 is 18.1 Å². The second-order valence-electron chi connectivity index (χ2n) is 5.02. The molecule has 0 saturated heterocycles. The Morgan fingerprint density at radius 1 is 1.23 bits per heavy atom. The fraction of sp³-hybridized carbons (Fsp3) is 0.429. The zero-order valence-corrected chi connectivity index (χ0v) is 14.0. The Morgan fingerprint density at radius 2 is 1.85 bits per heavy atom. The molecule has 0 aromatic heterocycles. The lowest BCUT2D eigenvalue weighted by Crippen LogP contribution is -2.39. The molecule has 26 heavy (non-hydrogen) atoms. The Hall–Kier alpha value is -2.08. The first-order chi connectivity index (χ1) is 11.9. The molecule has 1 N–H and O–H groups in total. The second-order valence-corrected chi connectivity index (χ2v) is 6.51. The highest BCUT2D eigenvalue weighted by Gasteiger charge is 2.45. The van der Waals surface area contributed by atoms with Gasteiger partial charge in [0, 0.05) is 0 Å². The fourth-order valence-electron chi connectivity index (χ4n) is 1.81. The van der Waals surface area contributed by atoms with Crippen molar-refractivity contribution in [2.45, 2.75) is 25.0 Å². The van der Waals surface area contributed by atoms with Gasteiger partial charge in [-0.1, -0.05) is 24.5 Å². The molecule has 0 bridgehead atoms. The molecule has 0 aliphatic heterocycles. The van der Waals surface area contributed by atoms with Crippen LogP contribution in [-0.2, 0) is 30.7 Å². The number of benzene rings is 1. The van der Waals surface area contributed by atoms with Gasteiger partial charge in [-0.15, -0.1) is 0 Å². The molecule has 1 aromatic carbocycles. The number of esters is 2. The van der Waals surface area contributed by atoms with Crippen LogP contribution in [0.5, 0.6) is 0 Å². The zero-order chi connectivity index (χ0) is 20.0. The van der Waals surface area contributed by atoms with E-state index in [1.165, 1.54) is 6.07 Å². The predicted molar refractivity (Wildman–Crippen MR) is 83.2 cm³/mol. The van der Waals surface area contributed by atoms with Gasteiger partial charge in [0.25, 0.3) is 10.1 Å². The van der Waals surface area contributed by atoms with Crippen LogP contribution in [0.25, 0.3) is 0 Å². The smallest absolute Gasteiger partial charge is 0.426 e. The molecule has 0 amide bonds. The van der Waals surface area contributed by atoms with Gasteiger partial charge in [0.2, 0.25) is 6.10 Å². The zero-order valence-electron chi connectivity index (χ0n) is 13.2. The van der Waals surface area contributed by atoms with Crippen molar-refractivity contribution in [2.24, 2.45) is 0 Å². The largest absolute Gasteiger partial charge is 0.461 e. The van der Waals surface area contributed by atoms with Crippen LogP contribution in [0, 0.1) is 0 Å². The predicted octanol–water partition coefficient (Wildman–Crippen LogP) is 1.26. The first-order valence-corrected chi connectivity index (χ1v) is 8.71. The van der Waals surface area contributed by atoms with Gasteiger partial charge in [-0.25, -0.2) is 4.79 Å². The minimum Gasteiger partial charge on any atom is -0.461 e. The van der Waals surface area contributed by atoms with Crippen molar-refractivity contribution in [1.29, 1.82) is 0 Å². The van der Waals surface area contributed by atoms with Gasteiger partial charge in [-0.05, 0) is 11.6 Å². The van der Waals surface area contributed by atoms with Crippen molar-refractivity contribution in [3.63, 3.8) is 0 Å². The monoisotopic (exact) mass is 394 g/mol. The molecule has 2 radical (unpaired) electrons. The van der Waals surface area contributed by atoms with Crippen molar-refractivity contribution in [3.05, 3.63) is 35.4 Å². The number of hydrogen-bond donors (Lipinski definition) is 1. The van der Waals surface area contributed by atoms with Crippen molar-refractivity contribution < 1.29 is 45.2 Å². The molecule has 0 aliphatic rings. The van der Waals surface area contributed by atoms with E-state index in [2.05, 4.69) is 4.74 Å². The van der Waals surface area contributed by atoms with E-state index in [0.717, 1.165) is 0 Å². The lowest BCUT2D eigenvalue weighted by Gasteiger charge is -2.19. The van der Waals surface area contributed by atoms with Crippen LogP contribution < -0.4 is 0 Å². The minimum atomic E-state index is -5.19. The number of carbonyl (C=O) groups is 2. The molecular weight excluding hydrogens is 380 g/mol. The van der Waals surface area contributed by atoms with E-state index in [9.17, 15) is 31.2 Å². The molecule has 0 heterocycles. The molecule has 0 spiro atoms. The summed E-state index contributed by atoms with van der Waals surface area (Å²) in [5.74, 6) is -4.11. The fourth-order valence-corrected chi connectivity index (χ4v) is 2.45. The quantitative estimate of drug-likeness (QED) is 0.402. The highest BCUT2D eigenvalue weighted by molar-refractivity contribution is 7.85. The topological polar surface area (TPSA) is 107 Å². The molecule has 0 aliphatic carbocycles. The average molecular weight is 394 g/mol. The van der Waals surface area contributed by atoms with Crippen molar-refractivity contribution in [2.75, 3.05) is 12.4 Å². The van der Waals surface area contributed by atoms with Gasteiger partial charge in [0.1, 0.15) is 12.4 Å². The lowest BCUT2D eigenvalue weighted by molar-refractivity contribution is -0.215. The second kappa shape index (κ2) is 9.03. The molecule has 142 valence electrons. The van der Waals surface area contributed by atoms with Crippen LogP contribution in [0.3, 0.4) is 0 Å². The summed E-state index contributed by atoms with van der Waals surface area (Å²) in [5.41, 5.74) is 0.619. The van der Waals surface area contributed by atoms with Gasteiger partial charge in [-0.3, -0.25) is 9.35 Å². The van der Waals surface area contributed by atoms with Gasteiger partial charge in [0.15, 0.2) is 0 Å². The first-order valence-electron chi connectivity index (χ1n) is 7.10. The number of alkyl halides is 3. The first kappa shape index (κ1) is 22.0. The Balaban J connectivity index is 2.59. The molecule has 1 unspecified atom stereocenters. The molecule has 0 fully saturated rings. The Kier molecular flexibility index (Phi) is 7.63. The summed E-state index contributed by atoms with van der Waals surface area (Å²) in [7, 11) is 0.429. The van der Waals surface area contributed by atoms with E-state index >= 15 is 0 Å². The Labute approximate surface area is 148 Å². The third kappa shape index (κ3) is 7.44. The van der Waals surface area contributed by atoms with Crippen LogP contribution in [0.2, 0.25) is 0 Å². The number of carbonyl (C=O) groups excluding carboxylic acids is 2. The highest BCUT2D eigenvalue weighted by atomic mass is 32.2. The van der Waals surface area contributed by atoms with Crippen LogP contribution >= 0.6 is 0 Å². The summed E-state index contributed by atoms with van der Waals surface area (Å²) in [5, 5.41) is 0.